The number of hydrogen-bond acceptors (Lipinski definition) is 0. The minimum Gasteiger partial charge on any atom is -0.0622 e. The van der Waals surface area contributed by atoms with Crippen LogP contribution in [0.1, 0.15) is 0 Å². The summed E-state index contributed by atoms with van der Waals surface area (Å²) >= 11 is 0. The monoisotopic (exact) mass is 828 g/mol. The number of hydrogen-bond donors (Lipinski definition) is 0. The summed E-state index contributed by atoms with van der Waals surface area (Å²) in [5.74, 6) is 0. The van der Waals surface area contributed by atoms with Crippen molar-refractivity contribution in [2.75, 3.05) is 0 Å². The third-order valence-electron chi connectivity index (χ3n) is 15.4. The van der Waals surface area contributed by atoms with Crippen LogP contribution in [0, 0.1) is 0 Å². The van der Waals surface area contributed by atoms with Crippen molar-refractivity contribution in [3.8, 4) is 66.8 Å². The lowest BCUT2D eigenvalue weighted by Crippen LogP contribution is -1.89. The molecule has 0 amide bonds. The highest BCUT2D eigenvalue weighted by Gasteiger charge is 2.32. The van der Waals surface area contributed by atoms with Crippen molar-refractivity contribution >= 4 is 97.0 Å². The second-order valence-electron chi connectivity index (χ2n) is 18.5. The van der Waals surface area contributed by atoms with E-state index in [1.807, 2.05) is 0 Å². The Morgan fingerprint density at radius 3 is 0.894 bits per heavy atom. The molecule has 0 nitrogen and oxygen atoms in total. The van der Waals surface area contributed by atoms with Crippen molar-refractivity contribution in [3.63, 3.8) is 0 Å². The maximum atomic E-state index is 2.47. The maximum absolute atomic E-state index is 2.47. The van der Waals surface area contributed by atoms with E-state index in [9.17, 15) is 0 Å². The van der Waals surface area contributed by atoms with Crippen LogP contribution in [0.2, 0.25) is 0 Å². The summed E-state index contributed by atoms with van der Waals surface area (Å²) in [6, 6.07) is 82.4. The standard InChI is InChI=1S/C66H36/c1-5-15-37(16-6-1)42-27-28-43(38-17-7-2-8-18-38)58-51-34-30-45-47-32-36-53-62-52(35-31-46(60(47)62)44-29-33-50(57(42)58)61(51)59(44)45)65-55(40-19-9-3-10-20-40)63-48-25-13-23-39-24-14-26-49(54(39)48)64(63)56(66(53)65)41-21-11-4-12-22-41/h1-36H. The Labute approximate surface area is 380 Å². The summed E-state index contributed by atoms with van der Waals surface area (Å²) in [7, 11) is 0. The first-order valence-corrected chi connectivity index (χ1v) is 23.2. The molecule has 0 unspecified atom stereocenters. The minimum absolute atomic E-state index is 1.25. The zero-order chi connectivity index (χ0) is 42.8. The molecule has 0 atom stereocenters. The van der Waals surface area contributed by atoms with Gasteiger partial charge in [-0.25, -0.2) is 0 Å². The molecule has 0 saturated heterocycles. The van der Waals surface area contributed by atoms with Gasteiger partial charge in [0.05, 0.1) is 0 Å². The van der Waals surface area contributed by atoms with Gasteiger partial charge in [-0.2, -0.15) is 0 Å². The highest BCUT2D eigenvalue weighted by Crippen LogP contribution is 2.60. The fourth-order valence-corrected chi connectivity index (χ4v) is 13.0. The molecule has 15 aromatic carbocycles. The van der Waals surface area contributed by atoms with Gasteiger partial charge in [0.2, 0.25) is 0 Å². The molecule has 66 heavy (non-hydrogen) atoms. The molecule has 0 heteroatoms. The molecular weight excluding hydrogens is 793 g/mol. The normalized spacial score (nSPS) is 12.5. The number of rotatable bonds is 4. The summed E-state index contributed by atoms with van der Waals surface area (Å²) in [5, 5.41) is 24.1. The van der Waals surface area contributed by atoms with Gasteiger partial charge in [0.1, 0.15) is 0 Å². The Morgan fingerprint density at radius 2 is 0.470 bits per heavy atom. The molecule has 0 aliphatic heterocycles. The first kappa shape index (κ1) is 34.9. The third kappa shape index (κ3) is 4.25. The minimum atomic E-state index is 1.25. The topological polar surface area (TPSA) is 0 Å². The summed E-state index contributed by atoms with van der Waals surface area (Å²) in [4.78, 5) is 0. The smallest absolute Gasteiger partial charge is 0.000717 e. The summed E-state index contributed by atoms with van der Waals surface area (Å²) in [6.45, 7) is 0. The highest BCUT2D eigenvalue weighted by atomic mass is 14.3. The molecule has 0 heterocycles. The largest absolute Gasteiger partial charge is 0.0622 e. The van der Waals surface area contributed by atoms with Gasteiger partial charge in [0, 0.05) is 0 Å². The Bertz CT molecular complexity index is 4230. The third-order valence-corrected chi connectivity index (χ3v) is 15.4. The van der Waals surface area contributed by atoms with E-state index in [1.165, 1.54) is 164 Å². The van der Waals surface area contributed by atoms with Crippen molar-refractivity contribution in [2.24, 2.45) is 0 Å². The Balaban J connectivity index is 1.08. The molecule has 0 bridgehead atoms. The first-order valence-electron chi connectivity index (χ1n) is 23.2. The molecule has 0 saturated carbocycles. The molecule has 300 valence electrons. The molecule has 1 aliphatic carbocycles. The summed E-state index contributed by atoms with van der Waals surface area (Å²) in [6.07, 6.45) is 0. The van der Waals surface area contributed by atoms with Gasteiger partial charge in [-0.15, -0.1) is 0 Å². The van der Waals surface area contributed by atoms with Crippen molar-refractivity contribution in [2.45, 2.75) is 0 Å². The van der Waals surface area contributed by atoms with Crippen LogP contribution >= 0.6 is 0 Å². The van der Waals surface area contributed by atoms with E-state index in [-0.39, 0.29) is 0 Å². The van der Waals surface area contributed by atoms with Gasteiger partial charge in [-0.05, 0) is 164 Å². The maximum Gasteiger partial charge on any atom is -0.000717 e. The van der Waals surface area contributed by atoms with E-state index >= 15 is 0 Å². The van der Waals surface area contributed by atoms with Crippen LogP contribution in [0.15, 0.2) is 218 Å². The molecule has 0 aromatic heterocycles. The molecule has 1 aliphatic rings. The Kier molecular flexibility index (Phi) is 6.64. The zero-order valence-electron chi connectivity index (χ0n) is 35.8. The van der Waals surface area contributed by atoms with E-state index < -0.39 is 0 Å². The number of benzene rings is 13. The molecule has 16 rings (SSSR count). The average molecular weight is 829 g/mol. The lowest BCUT2D eigenvalue weighted by Gasteiger charge is -2.16. The lowest BCUT2D eigenvalue weighted by molar-refractivity contribution is 1.59. The Hall–Kier alpha value is -8.58. The van der Waals surface area contributed by atoms with E-state index in [0.29, 0.717) is 0 Å². The van der Waals surface area contributed by atoms with Crippen LogP contribution in [0.5, 0.6) is 0 Å². The van der Waals surface area contributed by atoms with Gasteiger partial charge in [0.15, 0.2) is 0 Å². The van der Waals surface area contributed by atoms with E-state index in [2.05, 4.69) is 218 Å². The number of fused-ring (bicyclic) bond motifs is 11. The van der Waals surface area contributed by atoms with Crippen molar-refractivity contribution in [1.82, 2.24) is 0 Å². The molecule has 0 N–H and O–H groups in total. The lowest BCUT2D eigenvalue weighted by atomic mass is 9.86. The molecular formula is C66H36. The zero-order valence-corrected chi connectivity index (χ0v) is 35.8. The summed E-state index contributed by atoms with van der Waals surface area (Å²) in [5.41, 5.74) is 15.5. The second-order valence-corrected chi connectivity index (χ2v) is 18.5. The SMILES string of the molecule is c1ccc(-c2ccc(-c3ccccc3)c3c2-c2ccc4c5ccc6c7c(-c8ccccc8)c8c9cccc%10cccc(c8c(-c8ccccc8)c7c7ccc(c8ccc-3c2c48)c5c67)c%109)cc1. The van der Waals surface area contributed by atoms with Crippen LogP contribution in [0.3, 0.4) is 0 Å². The van der Waals surface area contributed by atoms with Gasteiger partial charge in [-0.1, -0.05) is 218 Å². The molecule has 0 fully saturated rings. The van der Waals surface area contributed by atoms with Crippen LogP contribution in [-0.2, 0) is 0 Å². The van der Waals surface area contributed by atoms with Crippen LogP contribution in [0.4, 0.5) is 0 Å². The predicted molar refractivity (Wildman–Crippen MR) is 284 cm³/mol. The van der Waals surface area contributed by atoms with E-state index in [1.54, 1.807) is 0 Å². The van der Waals surface area contributed by atoms with Crippen LogP contribution in [-0.4, -0.2) is 0 Å². The van der Waals surface area contributed by atoms with Gasteiger partial charge in [0.25, 0.3) is 0 Å². The fourth-order valence-electron chi connectivity index (χ4n) is 13.0. The second kappa shape index (κ2) is 12.6. The Morgan fingerprint density at radius 1 is 0.152 bits per heavy atom. The summed E-state index contributed by atoms with van der Waals surface area (Å²) < 4.78 is 0. The van der Waals surface area contributed by atoms with Crippen LogP contribution < -0.4 is 0 Å². The van der Waals surface area contributed by atoms with Crippen molar-refractivity contribution in [1.29, 1.82) is 0 Å². The highest BCUT2D eigenvalue weighted by molar-refractivity contribution is 6.50. The van der Waals surface area contributed by atoms with Crippen LogP contribution in [0.25, 0.3) is 164 Å². The van der Waals surface area contributed by atoms with Crippen molar-refractivity contribution < 1.29 is 0 Å². The molecule has 15 aromatic rings. The van der Waals surface area contributed by atoms with Gasteiger partial charge < -0.3 is 0 Å². The quantitative estimate of drug-likeness (QED) is 0.122. The first-order chi connectivity index (χ1) is 32.8. The van der Waals surface area contributed by atoms with E-state index in [0.717, 1.165) is 0 Å². The van der Waals surface area contributed by atoms with E-state index in [4.69, 9.17) is 0 Å². The van der Waals surface area contributed by atoms with Gasteiger partial charge >= 0.3 is 0 Å². The van der Waals surface area contributed by atoms with Crippen molar-refractivity contribution in [3.05, 3.63) is 218 Å². The molecule has 0 radical (unpaired) electrons. The predicted octanol–water partition coefficient (Wildman–Crippen LogP) is 18.7. The molecule has 0 spiro atoms. The van der Waals surface area contributed by atoms with Gasteiger partial charge in [-0.3, -0.25) is 0 Å². The fraction of sp³-hybridized carbons (Fsp3) is 0. The average Bonchev–Trinajstić information content (AvgIpc) is 4.03.